The molecule has 3 aromatic carbocycles. The number of H-pyrrole nitrogens is 2. The third kappa shape index (κ3) is 8.99. The molecule has 3 aliphatic rings. The highest BCUT2D eigenvalue weighted by molar-refractivity contribution is 5.87. The largest absolute Gasteiger partial charge is 0.488 e. The summed E-state index contributed by atoms with van der Waals surface area (Å²) in [6.45, 7) is 9.36. The second-order valence-corrected chi connectivity index (χ2v) is 17.2. The van der Waals surface area contributed by atoms with Crippen LogP contribution < -0.4 is 20.1 Å². The lowest BCUT2D eigenvalue weighted by Gasteiger charge is -2.30. The van der Waals surface area contributed by atoms with Crippen LogP contribution in [-0.4, -0.2) is 93.1 Å². The van der Waals surface area contributed by atoms with E-state index in [4.69, 9.17) is 28.9 Å². The van der Waals surface area contributed by atoms with Crippen LogP contribution in [-0.2, 0) is 32.3 Å². The Bertz CT molecular complexity index is 2340. The van der Waals surface area contributed by atoms with Crippen molar-refractivity contribution in [1.29, 1.82) is 0 Å². The van der Waals surface area contributed by atoms with Crippen molar-refractivity contribution in [2.24, 2.45) is 11.8 Å². The van der Waals surface area contributed by atoms with Crippen LogP contribution in [0.3, 0.4) is 0 Å². The molecule has 2 saturated heterocycles. The van der Waals surface area contributed by atoms with Gasteiger partial charge in [-0.1, -0.05) is 64.1 Å². The van der Waals surface area contributed by atoms with Crippen molar-refractivity contribution in [2.45, 2.75) is 90.8 Å². The van der Waals surface area contributed by atoms with E-state index < -0.39 is 24.3 Å². The molecule has 0 saturated carbocycles. The molecule has 16 nitrogen and oxygen atoms in total. The summed E-state index contributed by atoms with van der Waals surface area (Å²) < 4.78 is 22.9. The SMILES string of the molecule is COC(=O)N[C@H](C(=O)N1CCC[C@H]1c1ncc(-c2ccc3c(c2)OCc2ccccc2COc2cc(-c4cnc([C@@H]5CCCN5C(=O)[C@@H](NC(=O)OC)C(C)C)[nH]4)ccc2-3)[nH]1)C(C)C. The van der Waals surface area contributed by atoms with Crippen molar-refractivity contribution >= 4 is 24.0 Å². The average molecular weight is 873 g/mol. The second-order valence-electron chi connectivity index (χ2n) is 17.2. The molecule has 336 valence electrons. The number of ether oxygens (including phenoxy) is 4. The number of methoxy groups -OCH3 is 2. The highest BCUT2D eigenvalue weighted by atomic mass is 16.5. The summed E-state index contributed by atoms with van der Waals surface area (Å²) in [6, 6.07) is 18.1. The van der Waals surface area contributed by atoms with Gasteiger partial charge in [0.2, 0.25) is 11.8 Å². The second kappa shape index (κ2) is 18.9. The lowest BCUT2D eigenvalue weighted by molar-refractivity contribution is -0.136. The van der Waals surface area contributed by atoms with Crippen LogP contribution in [0.5, 0.6) is 11.5 Å². The summed E-state index contributed by atoms with van der Waals surface area (Å²) in [5.74, 6) is 2.05. The fourth-order valence-electron chi connectivity index (χ4n) is 8.90. The van der Waals surface area contributed by atoms with Crippen molar-refractivity contribution in [3.63, 3.8) is 0 Å². The Morgan fingerprint density at radius 2 is 1.08 bits per heavy atom. The molecule has 0 radical (unpaired) electrons. The molecule has 4 amide bonds. The number of nitrogens with zero attached hydrogens (tertiary/aromatic N) is 4. The Balaban J connectivity index is 1.08. The van der Waals surface area contributed by atoms with E-state index in [1.165, 1.54) is 14.2 Å². The third-order valence-electron chi connectivity index (χ3n) is 12.4. The van der Waals surface area contributed by atoms with Crippen molar-refractivity contribution < 1.29 is 38.1 Å². The number of aromatic nitrogens is 4. The Hall–Kier alpha value is -6.84. The van der Waals surface area contributed by atoms with E-state index in [1.807, 2.05) is 88.4 Å². The minimum atomic E-state index is -0.728. The molecule has 0 aliphatic carbocycles. The topological polar surface area (TPSA) is 193 Å². The normalized spacial score (nSPS) is 17.9. The molecule has 64 heavy (non-hydrogen) atoms. The summed E-state index contributed by atoms with van der Waals surface area (Å²) in [6.07, 6.45) is 5.37. The number of nitrogens with one attached hydrogen (secondary N) is 4. The maximum Gasteiger partial charge on any atom is 0.407 e. The number of imidazole rings is 2. The molecule has 5 heterocycles. The number of carbonyl (C=O) groups excluding carboxylic acids is 4. The molecule has 8 rings (SSSR count). The van der Waals surface area contributed by atoms with Gasteiger partial charge in [0.15, 0.2) is 0 Å². The minimum Gasteiger partial charge on any atom is -0.488 e. The van der Waals surface area contributed by atoms with Gasteiger partial charge < -0.3 is 49.3 Å². The lowest BCUT2D eigenvalue weighted by Crippen LogP contribution is -2.51. The van der Waals surface area contributed by atoms with E-state index in [9.17, 15) is 19.2 Å². The standard InChI is InChI=1S/C48H56N8O8/c1-27(2)41(53-47(59)61-5)45(57)55-19-9-13-37(55)43-49-23-35(51-43)29-15-17-33-34-18-16-30(22-40(34)64-26-32-12-8-7-11-31(32)25-63-39(33)21-29)36-24-50-44(52-36)38-14-10-20-56(38)46(58)42(28(3)4)54-48(60)62-6/h7-8,11-12,15-18,21-24,27-28,37-38,41-42H,9-10,13-14,19-20,25-26H2,1-6H3,(H,49,51)(H,50,52)(H,53,59)(H,54,60)/t37-,38-,41-,42-/m0/s1. The van der Waals surface area contributed by atoms with E-state index in [0.29, 0.717) is 49.5 Å². The summed E-state index contributed by atoms with van der Waals surface area (Å²) >= 11 is 0. The van der Waals surface area contributed by atoms with Crippen LogP contribution in [0.1, 0.15) is 88.2 Å². The third-order valence-corrected chi connectivity index (χ3v) is 12.4. The lowest BCUT2D eigenvalue weighted by atomic mass is 9.98. The van der Waals surface area contributed by atoms with Crippen LogP contribution >= 0.6 is 0 Å². The molecular formula is C48H56N8O8. The van der Waals surface area contributed by atoms with Gasteiger partial charge in [-0.25, -0.2) is 19.6 Å². The quantitative estimate of drug-likeness (QED) is 0.108. The molecule has 5 aromatic rings. The summed E-state index contributed by atoms with van der Waals surface area (Å²) in [5, 5.41) is 5.42. The first-order valence-corrected chi connectivity index (χ1v) is 21.9. The van der Waals surface area contributed by atoms with E-state index in [0.717, 1.165) is 70.5 Å². The van der Waals surface area contributed by atoms with Gasteiger partial charge in [0, 0.05) is 35.3 Å². The van der Waals surface area contributed by atoms with Gasteiger partial charge in [0.25, 0.3) is 0 Å². The fraction of sp³-hybridized carbons (Fsp3) is 0.417. The van der Waals surface area contributed by atoms with Gasteiger partial charge >= 0.3 is 12.2 Å². The zero-order chi connectivity index (χ0) is 45.1. The highest BCUT2D eigenvalue weighted by Crippen LogP contribution is 2.43. The average Bonchev–Trinajstić information content (AvgIpc) is 4.15. The summed E-state index contributed by atoms with van der Waals surface area (Å²) in [7, 11) is 2.57. The monoisotopic (exact) mass is 872 g/mol. The smallest absolute Gasteiger partial charge is 0.407 e. The molecule has 2 fully saturated rings. The molecule has 0 spiro atoms. The molecular weight excluding hydrogens is 817 g/mol. The van der Waals surface area contributed by atoms with Gasteiger partial charge in [0.1, 0.15) is 48.4 Å². The zero-order valence-corrected chi connectivity index (χ0v) is 37.1. The number of benzene rings is 3. The molecule has 4 N–H and O–H groups in total. The zero-order valence-electron chi connectivity index (χ0n) is 37.1. The van der Waals surface area contributed by atoms with E-state index in [2.05, 4.69) is 20.6 Å². The van der Waals surface area contributed by atoms with Crippen molar-refractivity contribution in [2.75, 3.05) is 27.3 Å². The van der Waals surface area contributed by atoms with Gasteiger partial charge in [-0.2, -0.15) is 0 Å². The van der Waals surface area contributed by atoms with Gasteiger partial charge in [-0.05, 0) is 72.9 Å². The van der Waals surface area contributed by atoms with Gasteiger partial charge in [-0.15, -0.1) is 0 Å². The first-order valence-electron chi connectivity index (χ1n) is 21.9. The fourth-order valence-corrected chi connectivity index (χ4v) is 8.90. The number of fused-ring (bicyclic) bond motifs is 4. The summed E-state index contributed by atoms with van der Waals surface area (Å²) in [5.41, 5.74) is 6.97. The van der Waals surface area contributed by atoms with Gasteiger partial charge in [-0.3, -0.25) is 9.59 Å². The van der Waals surface area contributed by atoms with E-state index in [1.54, 1.807) is 22.2 Å². The maximum atomic E-state index is 13.8. The van der Waals surface area contributed by atoms with Crippen molar-refractivity contribution in [3.05, 3.63) is 95.8 Å². The Morgan fingerprint density at radius 3 is 1.47 bits per heavy atom. The van der Waals surface area contributed by atoms with Crippen LogP contribution in [0, 0.1) is 11.8 Å². The van der Waals surface area contributed by atoms with Crippen LogP contribution in [0.25, 0.3) is 33.6 Å². The number of carbonyl (C=O) groups is 4. The molecule has 16 heteroatoms. The molecule has 0 unspecified atom stereocenters. The van der Waals surface area contributed by atoms with Crippen molar-refractivity contribution in [3.8, 4) is 45.1 Å². The number of amides is 4. The number of hydrogen-bond donors (Lipinski definition) is 4. The molecule has 0 bridgehead atoms. The Morgan fingerprint density at radius 1 is 0.656 bits per heavy atom. The Kier molecular flexibility index (Phi) is 12.9. The minimum absolute atomic E-state index is 0.140. The number of aromatic amines is 2. The van der Waals surface area contributed by atoms with E-state index >= 15 is 0 Å². The molecule has 3 aliphatic heterocycles. The van der Waals surface area contributed by atoms with Crippen LogP contribution in [0.15, 0.2) is 73.1 Å². The van der Waals surface area contributed by atoms with Gasteiger partial charge in [0.05, 0.1) is 50.1 Å². The van der Waals surface area contributed by atoms with Crippen molar-refractivity contribution in [1.82, 2.24) is 40.4 Å². The van der Waals surface area contributed by atoms with E-state index in [-0.39, 0.29) is 35.7 Å². The first kappa shape index (κ1) is 43.8. The predicted octanol–water partition coefficient (Wildman–Crippen LogP) is 7.69. The maximum absolute atomic E-state index is 13.8. The number of hydrogen-bond acceptors (Lipinski definition) is 10. The van der Waals surface area contributed by atoms with Crippen LogP contribution in [0.4, 0.5) is 9.59 Å². The molecule has 2 aromatic heterocycles. The highest BCUT2D eigenvalue weighted by Gasteiger charge is 2.39. The predicted molar refractivity (Wildman–Crippen MR) is 238 cm³/mol. The molecule has 4 atom stereocenters. The Labute approximate surface area is 372 Å². The van der Waals surface area contributed by atoms with Crippen LogP contribution in [0.2, 0.25) is 0 Å². The first-order chi connectivity index (χ1) is 30.9. The number of alkyl carbamates (subject to hydrolysis) is 2. The summed E-state index contributed by atoms with van der Waals surface area (Å²) in [4.78, 5) is 71.9. The number of rotatable bonds is 10. The number of likely N-dealkylation sites (tertiary alicyclic amines) is 2.